The summed E-state index contributed by atoms with van der Waals surface area (Å²) in [7, 11) is 0. The summed E-state index contributed by atoms with van der Waals surface area (Å²) in [5, 5.41) is 3.44. The maximum Gasteiger partial charge on any atom is 0.251 e. The van der Waals surface area contributed by atoms with Crippen LogP contribution in [0.3, 0.4) is 0 Å². The number of hydrogen-bond donors (Lipinski definition) is 2. The van der Waals surface area contributed by atoms with Crippen molar-refractivity contribution >= 4 is 34.8 Å². The summed E-state index contributed by atoms with van der Waals surface area (Å²) in [6, 6.07) is 3.08. The molecule has 1 saturated heterocycles. The van der Waals surface area contributed by atoms with Crippen molar-refractivity contribution in [1.29, 1.82) is 0 Å². The van der Waals surface area contributed by atoms with Gasteiger partial charge in [0, 0.05) is 12.2 Å². The SMILES string of the molecule is Nc1cc(C(=O)NC2CCCOC2)cc(Cl)c1Cl. The van der Waals surface area contributed by atoms with Gasteiger partial charge in [-0.3, -0.25) is 4.79 Å². The molecule has 6 heteroatoms. The van der Waals surface area contributed by atoms with Crippen LogP contribution in [0.15, 0.2) is 12.1 Å². The standard InChI is InChI=1S/C12H14Cl2N2O2/c13-9-4-7(5-10(15)11(9)14)12(17)16-8-2-1-3-18-6-8/h4-5,8H,1-3,6,15H2,(H,16,17). The predicted molar refractivity (Wildman–Crippen MR) is 72.2 cm³/mol. The Balaban J connectivity index is 2.08. The highest BCUT2D eigenvalue weighted by atomic mass is 35.5. The molecule has 1 unspecified atom stereocenters. The van der Waals surface area contributed by atoms with Crippen molar-refractivity contribution in [2.75, 3.05) is 18.9 Å². The summed E-state index contributed by atoms with van der Waals surface area (Å²) in [4.78, 5) is 12.0. The van der Waals surface area contributed by atoms with Gasteiger partial charge in [0.1, 0.15) is 0 Å². The fourth-order valence-electron chi connectivity index (χ4n) is 1.86. The number of rotatable bonds is 2. The Morgan fingerprint density at radius 1 is 1.44 bits per heavy atom. The molecule has 98 valence electrons. The third kappa shape index (κ3) is 3.07. The van der Waals surface area contributed by atoms with Crippen LogP contribution in [0.2, 0.25) is 10.0 Å². The molecule has 1 amide bonds. The number of ether oxygens (including phenoxy) is 1. The van der Waals surface area contributed by atoms with Gasteiger partial charge in [-0.25, -0.2) is 0 Å². The summed E-state index contributed by atoms with van der Waals surface area (Å²) in [5.41, 5.74) is 6.38. The molecule has 0 bridgehead atoms. The molecule has 1 fully saturated rings. The Morgan fingerprint density at radius 3 is 2.83 bits per heavy atom. The minimum atomic E-state index is -0.212. The molecule has 0 aromatic heterocycles. The molecule has 1 aliphatic heterocycles. The van der Waals surface area contributed by atoms with Gasteiger partial charge >= 0.3 is 0 Å². The van der Waals surface area contributed by atoms with Gasteiger partial charge in [-0.2, -0.15) is 0 Å². The molecule has 18 heavy (non-hydrogen) atoms. The summed E-state index contributed by atoms with van der Waals surface area (Å²) in [5.74, 6) is -0.212. The molecule has 0 saturated carbocycles. The van der Waals surface area contributed by atoms with Crippen LogP contribution in [0.4, 0.5) is 5.69 Å². The Kier molecular flexibility index (Phi) is 4.32. The molecule has 0 spiro atoms. The van der Waals surface area contributed by atoms with Gasteiger partial charge < -0.3 is 15.8 Å². The van der Waals surface area contributed by atoms with Crippen molar-refractivity contribution in [2.45, 2.75) is 18.9 Å². The smallest absolute Gasteiger partial charge is 0.251 e. The zero-order valence-corrected chi connectivity index (χ0v) is 11.2. The molecule has 1 atom stereocenters. The van der Waals surface area contributed by atoms with Crippen LogP contribution in [0.25, 0.3) is 0 Å². The zero-order chi connectivity index (χ0) is 13.1. The van der Waals surface area contributed by atoms with Crippen molar-refractivity contribution in [3.05, 3.63) is 27.7 Å². The van der Waals surface area contributed by atoms with Gasteiger partial charge in [-0.1, -0.05) is 23.2 Å². The highest BCUT2D eigenvalue weighted by Gasteiger charge is 2.18. The lowest BCUT2D eigenvalue weighted by atomic mass is 10.1. The normalized spacial score (nSPS) is 19.6. The highest BCUT2D eigenvalue weighted by molar-refractivity contribution is 6.43. The summed E-state index contributed by atoms with van der Waals surface area (Å²) in [6.07, 6.45) is 1.87. The third-order valence-corrected chi connectivity index (χ3v) is 3.63. The maximum atomic E-state index is 12.0. The summed E-state index contributed by atoms with van der Waals surface area (Å²) in [6.45, 7) is 1.30. The molecule has 0 aliphatic carbocycles. The van der Waals surface area contributed by atoms with Crippen molar-refractivity contribution in [3.63, 3.8) is 0 Å². The van der Waals surface area contributed by atoms with E-state index in [1.54, 1.807) is 0 Å². The van der Waals surface area contributed by atoms with Crippen LogP contribution in [0.1, 0.15) is 23.2 Å². The molecule has 2 rings (SSSR count). The van der Waals surface area contributed by atoms with Crippen molar-refractivity contribution in [1.82, 2.24) is 5.32 Å². The van der Waals surface area contributed by atoms with Crippen LogP contribution in [-0.2, 0) is 4.74 Å². The topological polar surface area (TPSA) is 64.4 Å². The minimum Gasteiger partial charge on any atom is -0.397 e. The molecule has 1 heterocycles. The van der Waals surface area contributed by atoms with Gasteiger partial charge in [0.25, 0.3) is 5.91 Å². The molecule has 1 aliphatic rings. The summed E-state index contributed by atoms with van der Waals surface area (Å²) >= 11 is 11.7. The number of benzene rings is 1. The third-order valence-electron chi connectivity index (χ3n) is 2.81. The molecule has 1 aromatic rings. The van der Waals surface area contributed by atoms with Crippen LogP contribution < -0.4 is 11.1 Å². The van der Waals surface area contributed by atoms with Gasteiger partial charge in [-0.05, 0) is 25.0 Å². The van der Waals surface area contributed by atoms with Crippen molar-refractivity contribution in [3.8, 4) is 0 Å². The molecular weight excluding hydrogens is 275 g/mol. The first kappa shape index (κ1) is 13.5. The number of nitrogens with one attached hydrogen (secondary N) is 1. The average molecular weight is 289 g/mol. The van der Waals surface area contributed by atoms with Gasteiger partial charge in [0.2, 0.25) is 0 Å². The van der Waals surface area contributed by atoms with Crippen LogP contribution >= 0.6 is 23.2 Å². The summed E-state index contributed by atoms with van der Waals surface area (Å²) < 4.78 is 5.30. The van der Waals surface area contributed by atoms with Gasteiger partial charge in [0.05, 0.1) is 28.4 Å². The van der Waals surface area contributed by atoms with E-state index in [0.29, 0.717) is 17.9 Å². The van der Waals surface area contributed by atoms with Crippen LogP contribution in [-0.4, -0.2) is 25.2 Å². The number of anilines is 1. The number of amides is 1. The highest BCUT2D eigenvalue weighted by Crippen LogP contribution is 2.29. The number of carbonyl (C=O) groups is 1. The van der Waals surface area contributed by atoms with E-state index in [1.165, 1.54) is 12.1 Å². The van der Waals surface area contributed by atoms with Crippen LogP contribution in [0.5, 0.6) is 0 Å². The lowest BCUT2D eigenvalue weighted by Crippen LogP contribution is -2.40. The van der Waals surface area contributed by atoms with Crippen molar-refractivity contribution < 1.29 is 9.53 Å². The van der Waals surface area contributed by atoms with E-state index < -0.39 is 0 Å². The van der Waals surface area contributed by atoms with Gasteiger partial charge in [0.15, 0.2) is 0 Å². The second-order valence-corrected chi connectivity index (χ2v) is 5.03. The Morgan fingerprint density at radius 2 is 2.22 bits per heavy atom. The first-order valence-corrected chi connectivity index (χ1v) is 6.46. The van der Waals surface area contributed by atoms with E-state index in [0.717, 1.165) is 19.4 Å². The number of halogens is 2. The fourth-order valence-corrected chi connectivity index (χ4v) is 2.20. The van der Waals surface area contributed by atoms with E-state index in [1.807, 2.05) is 0 Å². The van der Waals surface area contributed by atoms with E-state index in [2.05, 4.69) is 5.32 Å². The van der Waals surface area contributed by atoms with E-state index in [4.69, 9.17) is 33.7 Å². The second kappa shape index (κ2) is 5.78. The van der Waals surface area contributed by atoms with E-state index in [9.17, 15) is 4.79 Å². The lowest BCUT2D eigenvalue weighted by Gasteiger charge is -2.23. The first-order chi connectivity index (χ1) is 8.58. The first-order valence-electron chi connectivity index (χ1n) is 5.71. The molecule has 0 radical (unpaired) electrons. The Hall–Kier alpha value is -0.970. The predicted octanol–water partition coefficient (Wildman–Crippen LogP) is 2.48. The zero-order valence-electron chi connectivity index (χ0n) is 9.71. The minimum absolute atomic E-state index is 0.0435. The van der Waals surface area contributed by atoms with Crippen LogP contribution in [0, 0.1) is 0 Å². The second-order valence-electron chi connectivity index (χ2n) is 4.25. The largest absolute Gasteiger partial charge is 0.397 e. The van der Waals surface area contributed by atoms with E-state index >= 15 is 0 Å². The molecule has 1 aromatic carbocycles. The monoisotopic (exact) mass is 288 g/mol. The van der Waals surface area contributed by atoms with Crippen molar-refractivity contribution in [2.24, 2.45) is 0 Å². The number of nitrogen functional groups attached to an aromatic ring is 1. The average Bonchev–Trinajstić information content (AvgIpc) is 2.36. The number of hydrogen-bond acceptors (Lipinski definition) is 3. The number of nitrogens with two attached hydrogens (primary N) is 1. The van der Waals surface area contributed by atoms with E-state index in [-0.39, 0.29) is 22.0 Å². The molecular formula is C12H14Cl2N2O2. The Labute approximate surface area is 115 Å². The Bertz CT molecular complexity index is 436. The number of carbonyl (C=O) groups excluding carboxylic acids is 1. The molecule has 4 nitrogen and oxygen atoms in total. The quantitative estimate of drug-likeness (QED) is 0.822. The fraction of sp³-hybridized carbons (Fsp3) is 0.417. The lowest BCUT2D eigenvalue weighted by molar-refractivity contribution is 0.0624. The van der Waals surface area contributed by atoms with Gasteiger partial charge in [-0.15, -0.1) is 0 Å². The maximum absolute atomic E-state index is 12.0. The molecule has 3 N–H and O–H groups in total.